The molecule has 0 atom stereocenters. The number of hydrogen-bond donors (Lipinski definition) is 2. The van der Waals surface area contributed by atoms with Crippen molar-refractivity contribution in [3.8, 4) is 0 Å². The third-order valence-electron chi connectivity index (χ3n) is 2.61. The maximum absolute atomic E-state index is 11.8. The summed E-state index contributed by atoms with van der Waals surface area (Å²) >= 11 is 10.5. The van der Waals surface area contributed by atoms with Crippen molar-refractivity contribution in [2.75, 3.05) is 5.75 Å². The lowest BCUT2D eigenvalue weighted by Crippen LogP contribution is -2.42. The summed E-state index contributed by atoms with van der Waals surface area (Å²) in [4.78, 5) is 24.5. The highest BCUT2D eigenvalue weighted by Gasteiger charge is 2.07. The molecule has 0 fully saturated rings. The van der Waals surface area contributed by atoms with Crippen LogP contribution in [0.25, 0.3) is 0 Å². The maximum Gasteiger partial charge on any atom is 0.269 e. The van der Waals surface area contributed by atoms with Gasteiger partial charge in [-0.1, -0.05) is 27.5 Å². The van der Waals surface area contributed by atoms with Gasteiger partial charge in [0.2, 0.25) is 5.91 Å². The van der Waals surface area contributed by atoms with E-state index >= 15 is 0 Å². The first-order chi connectivity index (χ1) is 10.5. The fraction of sp³-hybridized carbons (Fsp3) is 0.0667. The molecule has 0 aliphatic heterocycles. The summed E-state index contributed by atoms with van der Waals surface area (Å²) in [7, 11) is 0. The van der Waals surface area contributed by atoms with Crippen LogP contribution in [0.4, 0.5) is 0 Å². The molecule has 0 aliphatic carbocycles. The predicted molar refractivity (Wildman–Crippen MR) is 91.9 cm³/mol. The van der Waals surface area contributed by atoms with Crippen molar-refractivity contribution in [1.82, 2.24) is 10.9 Å². The maximum atomic E-state index is 11.8. The quantitative estimate of drug-likeness (QED) is 0.609. The van der Waals surface area contributed by atoms with Crippen molar-refractivity contribution in [2.45, 2.75) is 4.90 Å². The molecule has 2 N–H and O–H groups in total. The number of benzene rings is 2. The zero-order valence-electron chi connectivity index (χ0n) is 11.3. The van der Waals surface area contributed by atoms with Gasteiger partial charge in [0.1, 0.15) is 0 Å². The lowest BCUT2D eigenvalue weighted by molar-refractivity contribution is -0.119. The molecule has 114 valence electrons. The summed E-state index contributed by atoms with van der Waals surface area (Å²) in [5.41, 5.74) is 5.16. The number of halogens is 2. The van der Waals surface area contributed by atoms with Gasteiger partial charge in [-0.3, -0.25) is 20.4 Å². The predicted octanol–water partition coefficient (Wildman–Crippen LogP) is 3.66. The van der Waals surface area contributed by atoms with Crippen LogP contribution < -0.4 is 10.9 Å². The Balaban J connectivity index is 1.76. The molecule has 0 aromatic heterocycles. The number of carbonyl (C=O) groups is 2. The second kappa shape index (κ2) is 8.22. The number of hydrazine groups is 1. The Morgan fingerprint density at radius 2 is 1.64 bits per heavy atom. The minimum atomic E-state index is -0.390. The van der Waals surface area contributed by atoms with E-state index in [-0.39, 0.29) is 11.7 Å². The molecule has 4 nitrogen and oxygen atoms in total. The van der Waals surface area contributed by atoms with Gasteiger partial charge >= 0.3 is 0 Å². The van der Waals surface area contributed by atoms with Crippen LogP contribution in [0.15, 0.2) is 57.9 Å². The van der Waals surface area contributed by atoms with Crippen LogP contribution in [-0.4, -0.2) is 17.6 Å². The van der Waals surface area contributed by atoms with Gasteiger partial charge in [0, 0.05) is 20.0 Å². The molecule has 0 spiro atoms. The largest absolute Gasteiger partial charge is 0.272 e. The van der Waals surface area contributed by atoms with Crippen molar-refractivity contribution in [3.63, 3.8) is 0 Å². The first kappa shape index (κ1) is 16.9. The standard InChI is InChI=1S/C15H12BrClN2O2S/c16-11-3-7-13(8-4-11)22-9-14(20)18-19-15(21)10-1-5-12(17)6-2-10/h1-8H,9H2,(H,18,20)(H,19,21). The second-order valence-electron chi connectivity index (χ2n) is 4.25. The minimum absolute atomic E-state index is 0.211. The van der Waals surface area contributed by atoms with Crippen molar-refractivity contribution in [1.29, 1.82) is 0 Å². The van der Waals surface area contributed by atoms with E-state index in [1.165, 1.54) is 11.8 Å². The Bertz CT molecular complexity index is 662. The average Bonchev–Trinajstić information content (AvgIpc) is 2.52. The zero-order valence-corrected chi connectivity index (χ0v) is 14.5. The Morgan fingerprint density at radius 3 is 2.27 bits per heavy atom. The smallest absolute Gasteiger partial charge is 0.269 e. The Morgan fingerprint density at radius 1 is 1.00 bits per heavy atom. The Kier molecular flexibility index (Phi) is 6.30. The van der Waals surface area contributed by atoms with Crippen molar-refractivity contribution >= 4 is 51.1 Å². The van der Waals surface area contributed by atoms with Gasteiger partial charge < -0.3 is 0 Å². The molecule has 2 amide bonds. The molecular formula is C15H12BrClN2O2S. The highest BCUT2D eigenvalue weighted by atomic mass is 79.9. The number of amides is 2. The number of nitrogens with one attached hydrogen (secondary N) is 2. The molecule has 0 aliphatic rings. The summed E-state index contributed by atoms with van der Waals surface area (Å²) in [6.45, 7) is 0. The summed E-state index contributed by atoms with van der Waals surface area (Å²) in [5.74, 6) is -0.461. The topological polar surface area (TPSA) is 58.2 Å². The number of carbonyl (C=O) groups excluding carboxylic acids is 2. The van der Waals surface area contributed by atoms with Crippen LogP contribution in [0.3, 0.4) is 0 Å². The molecule has 0 bridgehead atoms. The van der Waals surface area contributed by atoms with Gasteiger partial charge in [0.25, 0.3) is 5.91 Å². The van der Waals surface area contributed by atoms with Gasteiger partial charge in [0.15, 0.2) is 0 Å². The number of hydrogen-bond acceptors (Lipinski definition) is 3. The molecular weight excluding hydrogens is 388 g/mol. The van der Waals surface area contributed by atoms with E-state index in [1.807, 2.05) is 24.3 Å². The monoisotopic (exact) mass is 398 g/mol. The van der Waals surface area contributed by atoms with Crippen LogP contribution in [0.5, 0.6) is 0 Å². The molecule has 0 saturated heterocycles. The Labute approximate surface area is 145 Å². The normalized spacial score (nSPS) is 10.1. The second-order valence-corrected chi connectivity index (χ2v) is 6.65. The van der Waals surface area contributed by atoms with Gasteiger partial charge in [-0.2, -0.15) is 0 Å². The molecule has 2 aromatic carbocycles. The van der Waals surface area contributed by atoms with Crippen LogP contribution >= 0.6 is 39.3 Å². The lowest BCUT2D eigenvalue weighted by atomic mass is 10.2. The van der Waals surface area contributed by atoms with Gasteiger partial charge in [-0.05, 0) is 48.5 Å². The molecule has 0 unspecified atom stereocenters. The SMILES string of the molecule is O=C(CSc1ccc(Br)cc1)NNC(=O)c1ccc(Cl)cc1. The fourth-order valence-electron chi connectivity index (χ4n) is 1.52. The van der Waals surface area contributed by atoms with Crippen molar-refractivity contribution in [2.24, 2.45) is 0 Å². The van der Waals surface area contributed by atoms with E-state index in [1.54, 1.807) is 24.3 Å². The lowest BCUT2D eigenvalue weighted by Gasteiger charge is -2.07. The van der Waals surface area contributed by atoms with E-state index in [0.717, 1.165) is 9.37 Å². The molecule has 0 radical (unpaired) electrons. The molecule has 0 saturated carbocycles. The Hall–Kier alpha value is -1.50. The van der Waals surface area contributed by atoms with Crippen LogP contribution in [0.2, 0.25) is 5.02 Å². The fourth-order valence-corrected chi connectivity index (χ4v) is 2.60. The molecule has 2 rings (SSSR count). The number of rotatable bonds is 4. The highest BCUT2D eigenvalue weighted by Crippen LogP contribution is 2.20. The zero-order chi connectivity index (χ0) is 15.9. The first-order valence-corrected chi connectivity index (χ1v) is 8.43. The molecule has 7 heteroatoms. The van der Waals surface area contributed by atoms with Crippen LogP contribution in [0.1, 0.15) is 10.4 Å². The van der Waals surface area contributed by atoms with Gasteiger partial charge in [0.05, 0.1) is 5.75 Å². The summed E-state index contributed by atoms with van der Waals surface area (Å²) in [6.07, 6.45) is 0. The highest BCUT2D eigenvalue weighted by molar-refractivity contribution is 9.10. The molecule has 2 aromatic rings. The van der Waals surface area contributed by atoms with Crippen LogP contribution in [0, 0.1) is 0 Å². The summed E-state index contributed by atoms with van der Waals surface area (Å²) in [5, 5.41) is 0.548. The van der Waals surface area contributed by atoms with Gasteiger partial charge in [-0.25, -0.2) is 0 Å². The summed E-state index contributed by atoms with van der Waals surface area (Å²) in [6, 6.07) is 14.0. The average molecular weight is 400 g/mol. The van der Waals surface area contributed by atoms with E-state index < -0.39 is 5.91 Å². The number of thioether (sulfide) groups is 1. The van der Waals surface area contributed by atoms with Crippen molar-refractivity contribution < 1.29 is 9.59 Å². The third-order valence-corrected chi connectivity index (χ3v) is 4.40. The molecule has 0 heterocycles. The van der Waals surface area contributed by atoms with E-state index in [2.05, 4.69) is 26.8 Å². The van der Waals surface area contributed by atoms with Crippen LogP contribution in [-0.2, 0) is 4.79 Å². The minimum Gasteiger partial charge on any atom is -0.272 e. The van der Waals surface area contributed by atoms with E-state index in [0.29, 0.717) is 10.6 Å². The first-order valence-electron chi connectivity index (χ1n) is 6.28. The van der Waals surface area contributed by atoms with Gasteiger partial charge in [-0.15, -0.1) is 11.8 Å². The van der Waals surface area contributed by atoms with E-state index in [4.69, 9.17) is 11.6 Å². The third kappa shape index (κ3) is 5.36. The summed E-state index contributed by atoms with van der Waals surface area (Å²) < 4.78 is 0.983. The van der Waals surface area contributed by atoms with E-state index in [9.17, 15) is 9.59 Å². The van der Waals surface area contributed by atoms with Crippen molar-refractivity contribution in [3.05, 3.63) is 63.6 Å². The molecule has 22 heavy (non-hydrogen) atoms.